The lowest BCUT2D eigenvalue weighted by Gasteiger charge is -2.32. The Labute approximate surface area is 213 Å². The van der Waals surface area contributed by atoms with E-state index in [0.29, 0.717) is 0 Å². The maximum Gasteiger partial charge on any atom is 0.190 e. The number of hydrogen-bond donors (Lipinski definition) is 7. The van der Waals surface area contributed by atoms with Gasteiger partial charge in [0, 0.05) is 0 Å². The van der Waals surface area contributed by atoms with E-state index in [2.05, 4.69) is 0 Å². The second kappa shape index (κ2) is 11.1. The molecule has 0 aliphatic carbocycles. The topological polar surface area (TPSA) is 215 Å². The van der Waals surface area contributed by atoms with Gasteiger partial charge in [0.25, 0.3) is 0 Å². The first-order valence-electron chi connectivity index (χ1n) is 12.2. The van der Waals surface area contributed by atoms with Crippen LogP contribution in [-0.4, -0.2) is 147 Å². The second-order valence-corrected chi connectivity index (χ2v) is 10.5. The van der Waals surface area contributed by atoms with E-state index < -0.39 is 98.1 Å². The molecule has 0 spiro atoms. The van der Waals surface area contributed by atoms with Gasteiger partial charge < -0.3 is 73.6 Å². The van der Waals surface area contributed by atoms with Crippen molar-refractivity contribution < 1.29 is 73.6 Å². The van der Waals surface area contributed by atoms with Crippen molar-refractivity contribution in [2.75, 3.05) is 19.8 Å². The molecular formula is C22H38O15. The van der Waals surface area contributed by atoms with E-state index in [1.807, 2.05) is 0 Å². The summed E-state index contributed by atoms with van der Waals surface area (Å²) in [5.74, 6) is -1.89. The van der Waals surface area contributed by atoms with E-state index in [-0.39, 0.29) is 13.2 Å². The van der Waals surface area contributed by atoms with Gasteiger partial charge in [-0.25, -0.2) is 0 Å². The summed E-state index contributed by atoms with van der Waals surface area (Å²) in [6.45, 7) is 5.11. The third-order valence-electron chi connectivity index (χ3n) is 6.64. The summed E-state index contributed by atoms with van der Waals surface area (Å²) in [7, 11) is 0. The molecule has 15 heteroatoms. The Bertz CT molecular complexity index is 718. The van der Waals surface area contributed by atoms with Crippen molar-refractivity contribution in [2.24, 2.45) is 0 Å². The van der Waals surface area contributed by atoms with Crippen LogP contribution in [0.2, 0.25) is 0 Å². The zero-order valence-corrected chi connectivity index (χ0v) is 21.0. The minimum absolute atomic E-state index is 0.353. The van der Waals surface area contributed by atoms with E-state index >= 15 is 0 Å². The molecule has 0 aromatic heterocycles. The van der Waals surface area contributed by atoms with Gasteiger partial charge in [0.1, 0.15) is 61.0 Å². The third kappa shape index (κ3) is 6.26. The van der Waals surface area contributed by atoms with Gasteiger partial charge in [0.05, 0.1) is 19.8 Å². The predicted octanol–water partition coefficient (Wildman–Crippen LogP) is -3.74. The monoisotopic (exact) mass is 542 g/mol. The van der Waals surface area contributed by atoms with Gasteiger partial charge in [-0.15, -0.1) is 0 Å². The lowest BCUT2D eigenvalue weighted by Crippen LogP contribution is -2.52. The highest BCUT2D eigenvalue weighted by molar-refractivity contribution is 4.94. The fourth-order valence-electron chi connectivity index (χ4n) is 4.72. The molecule has 12 atom stereocenters. The molecule has 0 aromatic carbocycles. The van der Waals surface area contributed by atoms with Crippen molar-refractivity contribution in [1.82, 2.24) is 0 Å². The Morgan fingerprint density at radius 2 is 1.11 bits per heavy atom. The van der Waals surface area contributed by atoms with Crippen molar-refractivity contribution in [3.05, 3.63) is 0 Å². The number of fused-ring (bicyclic) bond motifs is 2. The normalized spacial score (nSPS) is 42.2. The van der Waals surface area contributed by atoms with Gasteiger partial charge in [-0.1, -0.05) is 0 Å². The molecule has 37 heavy (non-hydrogen) atoms. The lowest BCUT2D eigenvalue weighted by molar-refractivity contribution is -0.268. The summed E-state index contributed by atoms with van der Waals surface area (Å²) < 4.78 is 44.9. The molecule has 15 nitrogen and oxygen atoms in total. The highest BCUT2D eigenvalue weighted by atomic mass is 16.9. The van der Waals surface area contributed by atoms with Crippen molar-refractivity contribution in [2.45, 2.75) is 119 Å². The van der Waals surface area contributed by atoms with Crippen LogP contribution < -0.4 is 0 Å². The van der Waals surface area contributed by atoms with E-state index in [1.54, 1.807) is 27.7 Å². The van der Waals surface area contributed by atoms with Crippen LogP contribution in [0.1, 0.15) is 27.7 Å². The molecule has 4 rings (SSSR count). The molecule has 0 unspecified atom stereocenters. The molecule has 0 bridgehead atoms. The van der Waals surface area contributed by atoms with Gasteiger partial charge in [0.15, 0.2) is 30.4 Å². The number of hydrogen-bond acceptors (Lipinski definition) is 15. The molecule has 4 aliphatic heterocycles. The second-order valence-electron chi connectivity index (χ2n) is 10.5. The molecule has 4 saturated heterocycles. The highest BCUT2D eigenvalue weighted by Crippen LogP contribution is 2.39. The minimum atomic E-state index is -2.00. The quantitative estimate of drug-likeness (QED) is 0.125. The lowest BCUT2D eigenvalue weighted by atomic mass is 10.0. The summed E-state index contributed by atoms with van der Waals surface area (Å²) in [5.41, 5.74) is 0. The Balaban J connectivity index is 1.38. The molecule has 0 aromatic rings. The minimum Gasteiger partial charge on any atom is -0.394 e. The van der Waals surface area contributed by atoms with Crippen molar-refractivity contribution in [3.8, 4) is 0 Å². The smallest absolute Gasteiger partial charge is 0.190 e. The van der Waals surface area contributed by atoms with Crippen LogP contribution in [0.15, 0.2) is 0 Å². The number of aliphatic hydroxyl groups is 7. The van der Waals surface area contributed by atoms with Gasteiger partial charge in [-0.3, -0.25) is 0 Å². The fraction of sp³-hybridized carbons (Fsp3) is 1.00. The zero-order valence-electron chi connectivity index (χ0n) is 21.0. The summed E-state index contributed by atoms with van der Waals surface area (Å²) in [6.07, 6.45) is -16.7. The molecule has 0 saturated carbocycles. The summed E-state index contributed by atoms with van der Waals surface area (Å²) in [6, 6.07) is 0. The van der Waals surface area contributed by atoms with Crippen LogP contribution in [0.3, 0.4) is 0 Å². The highest BCUT2D eigenvalue weighted by Gasteiger charge is 2.56. The Hall–Kier alpha value is -0.600. The van der Waals surface area contributed by atoms with Gasteiger partial charge in [0.2, 0.25) is 0 Å². The van der Waals surface area contributed by atoms with Crippen LogP contribution in [0, 0.1) is 0 Å². The van der Waals surface area contributed by atoms with Crippen LogP contribution in [-0.2, 0) is 37.9 Å². The predicted molar refractivity (Wildman–Crippen MR) is 116 cm³/mol. The average molecular weight is 543 g/mol. The maximum absolute atomic E-state index is 10.7. The molecule has 4 heterocycles. The Morgan fingerprint density at radius 3 is 1.49 bits per heavy atom. The summed E-state index contributed by atoms with van der Waals surface area (Å²) >= 11 is 0. The summed E-state index contributed by atoms with van der Waals surface area (Å²) in [4.78, 5) is 0. The molecule has 0 radical (unpaired) electrons. The van der Waals surface area contributed by atoms with E-state index in [4.69, 9.17) is 43.0 Å². The van der Waals surface area contributed by atoms with E-state index in [1.165, 1.54) is 0 Å². The first kappa shape index (κ1) is 29.4. The van der Waals surface area contributed by atoms with Crippen LogP contribution >= 0.6 is 0 Å². The molecule has 216 valence electrons. The molecular weight excluding hydrogens is 504 g/mol. The fourth-order valence-corrected chi connectivity index (χ4v) is 4.72. The number of aliphatic hydroxyl groups excluding tert-OH is 7. The first-order chi connectivity index (χ1) is 17.2. The van der Waals surface area contributed by atoms with Crippen molar-refractivity contribution in [1.29, 1.82) is 0 Å². The Kier molecular flexibility index (Phi) is 8.82. The molecule has 4 aliphatic rings. The van der Waals surface area contributed by atoms with E-state index in [9.17, 15) is 30.6 Å². The van der Waals surface area contributed by atoms with Gasteiger partial charge in [-0.2, -0.15) is 0 Å². The molecule has 7 N–H and O–H groups in total. The van der Waals surface area contributed by atoms with Crippen LogP contribution in [0.4, 0.5) is 0 Å². The Morgan fingerprint density at radius 1 is 0.676 bits per heavy atom. The standard InChI is InChI=1S/C22H38O15/c1-21(2)34-16-12(26)9(32-19(16)36-21)6-30-18(15(29)14(28)11(25)8(24)5-23)31-7-10-13(27)17-20(33-10)37-22(3,4)35-17/h8-20,23-29H,5-7H2,1-4H3/t8-,9+,10+,11+,12-,13-,14+,15-,16+,17+,19+,20+/m0/s1. The van der Waals surface area contributed by atoms with Gasteiger partial charge in [-0.05, 0) is 27.7 Å². The molecule has 4 fully saturated rings. The number of rotatable bonds is 11. The zero-order chi connectivity index (χ0) is 27.3. The average Bonchev–Trinajstić information content (AvgIpc) is 3.49. The first-order valence-corrected chi connectivity index (χ1v) is 12.2. The van der Waals surface area contributed by atoms with Crippen LogP contribution in [0.5, 0.6) is 0 Å². The molecule has 0 amide bonds. The number of ether oxygens (including phenoxy) is 8. The SMILES string of the molecule is CC1(C)O[C@H]2O[C@H](COC(OC[C@H]3O[C@@H]4OC(C)(C)O[C@@H]4[C@H]3O)[C@@H](O)[C@H](O)[C@H](O)[C@@H](O)CO)[C@H](O)[C@H]2O1. The van der Waals surface area contributed by atoms with Crippen molar-refractivity contribution in [3.63, 3.8) is 0 Å². The summed E-state index contributed by atoms with van der Waals surface area (Å²) in [5, 5.41) is 70.9. The van der Waals surface area contributed by atoms with Gasteiger partial charge >= 0.3 is 0 Å². The third-order valence-corrected chi connectivity index (χ3v) is 6.64. The van der Waals surface area contributed by atoms with Crippen LogP contribution in [0.25, 0.3) is 0 Å². The van der Waals surface area contributed by atoms with E-state index in [0.717, 1.165) is 0 Å². The maximum atomic E-state index is 10.7. The largest absolute Gasteiger partial charge is 0.394 e. The van der Waals surface area contributed by atoms with Crippen molar-refractivity contribution >= 4 is 0 Å².